The fourth-order valence-electron chi connectivity index (χ4n) is 5.91. The van der Waals surface area contributed by atoms with Crippen LogP contribution in [0.15, 0.2) is 42.5 Å². The molecule has 5 heteroatoms. The fourth-order valence-corrected chi connectivity index (χ4v) is 5.91. The molecule has 0 radical (unpaired) electrons. The topological polar surface area (TPSA) is 41.3 Å². The average molecular weight is 466 g/mol. The fraction of sp³-hybridized carbons (Fsp3) is 0.552. The van der Waals surface area contributed by atoms with Gasteiger partial charge < -0.3 is 14.6 Å². The van der Waals surface area contributed by atoms with E-state index in [1.165, 1.54) is 11.9 Å². The first-order valence-corrected chi connectivity index (χ1v) is 12.9. The molecule has 0 saturated heterocycles. The van der Waals surface area contributed by atoms with Crippen LogP contribution in [-0.2, 0) is 19.9 Å². The SMILES string of the molecule is CC(C)[C@H]1c2ccc(F)cc2CC[C@]1(O)CCN(C)CCCCCc1nc2ccccc2n1C. The maximum Gasteiger partial charge on any atom is 0.123 e. The lowest BCUT2D eigenvalue weighted by atomic mass is 9.66. The van der Waals surface area contributed by atoms with Gasteiger partial charge in [0.15, 0.2) is 0 Å². The predicted molar refractivity (Wildman–Crippen MR) is 138 cm³/mol. The van der Waals surface area contributed by atoms with Gasteiger partial charge in [0.05, 0.1) is 16.6 Å². The number of benzene rings is 2. The second-order valence-electron chi connectivity index (χ2n) is 10.6. The van der Waals surface area contributed by atoms with Gasteiger partial charge in [-0.15, -0.1) is 0 Å². The molecule has 4 rings (SSSR count). The van der Waals surface area contributed by atoms with Crippen molar-refractivity contribution in [2.75, 3.05) is 20.1 Å². The van der Waals surface area contributed by atoms with Gasteiger partial charge in [0.2, 0.25) is 0 Å². The summed E-state index contributed by atoms with van der Waals surface area (Å²) in [5.41, 5.74) is 3.75. The van der Waals surface area contributed by atoms with Crippen molar-refractivity contribution in [1.82, 2.24) is 14.5 Å². The Morgan fingerprint density at radius 1 is 1.15 bits per heavy atom. The highest BCUT2D eigenvalue weighted by atomic mass is 19.1. The lowest BCUT2D eigenvalue weighted by Crippen LogP contribution is -2.45. The third-order valence-electron chi connectivity index (χ3n) is 7.76. The maximum atomic E-state index is 13.7. The van der Waals surface area contributed by atoms with Crippen molar-refractivity contribution in [2.24, 2.45) is 13.0 Å². The Labute approximate surface area is 203 Å². The van der Waals surface area contributed by atoms with Gasteiger partial charge in [-0.2, -0.15) is 0 Å². The number of aliphatic hydroxyl groups is 1. The first-order valence-electron chi connectivity index (χ1n) is 12.9. The van der Waals surface area contributed by atoms with Crippen LogP contribution < -0.4 is 0 Å². The van der Waals surface area contributed by atoms with E-state index in [0.29, 0.717) is 12.3 Å². The van der Waals surface area contributed by atoms with Gasteiger partial charge >= 0.3 is 0 Å². The first kappa shape index (κ1) is 24.9. The second-order valence-corrected chi connectivity index (χ2v) is 10.6. The number of imidazole rings is 1. The molecule has 0 unspecified atom stereocenters. The quantitative estimate of drug-likeness (QED) is 0.381. The van der Waals surface area contributed by atoms with Crippen molar-refractivity contribution < 1.29 is 9.50 Å². The number of fused-ring (bicyclic) bond motifs is 2. The molecule has 34 heavy (non-hydrogen) atoms. The van der Waals surface area contributed by atoms with E-state index in [1.54, 1.807) is 12.1 Å². The summed E-state index contributed by atoms with van der Waals surface area (Å²) in [6, 6.07) is 13.4. The standard InChI is InChI=1S/C29H40FN3O/c1-21(2)28-24-14-13-23(30)20-22(24)15-16-29(28,34)17-19-32(3)18-9-5-6-12-27-31-25-10-7-8-11-26(25)33(27)4/h7-8,10-11,13-14,20-21,28,34H,5-6,9,12,15-19H2,1-4H3/t28-,29-/m0/s1. The summed E-state index contributed by atoms with van der Waals surface area (Å²) in [6.45, 7) is 6.25. The molecule has 1 N–H and O–H groups in total. The molecule has 2 aromatic carbocycles. The van der Waals surface area contributed by atoms with Crippen molar-refractivity contribution in [1.29, 1.82) is 0 Å². The van der Waals surface area contributed by atoms with E-state index in [-0.39, 0.29) is 11.7 Å². The molecular formula is C29H40FN3O. The minimum Gasteiger partial charge on any atom is -0.389 e. The number of para-hydroxylation sites is 2. The molecule has 1 aliphatic rings. The normalized spacial score (nSPS) is 20.4. The molecule has 0 fully saturated rings. The molecule has 0 saturated carbocycles. The maximum absolute atomic E-state index is 13.7. The zero-order valence-electron chi connectivity index (χ0n) is 21.2. The molecule has 0 amide bonds. The zero-order valence-corrected chi connectivity index (χ0v) is 21.2. The second kappa shape index (κ2) is 10.6. The molecule has 4 nitrogen and oxygen atoms in total. The smallest absolute Gasteiger partial charge is 0.123 e. The van der Waals surface area contributed by atoms with Crippen LogP contribution >= 0.6 is 0 Å². The highest BCUT2D eigenvalue weighted by molar-refractivity contribution is 5.75. The van der Waals surface area contributed by atoms with Crippen molar-refractivity contribution in [2.45, 2.75) is 70.3 Å². The summed E-state index contributed by atoms with van der Waals surface area (Å²) in [5.74, 6) is 1.35. The van der Waals surface area contributed by atoms with Crippen LogP contribution in [0.4, 0.5) is 4.39 Å². The van der Waals surface area contributed by atoms with Gasteiger partial charge in [0, 0.05) is 25.9 Å². The monoisotopic (exact) mass is 465 g/mol. The molecule has 184 valence electrons. The number of nitrogens with zero attached hydrogens (tertiary/aromatic N) is 3. The van der Waals surface area contributed by atoms with Crippen molar-refractivity contribution in [3.05, 3.63) is 65.2 Å². The molecule has 1 heterocycles. The summed E-state index contributed by atoms with van der Waals surface area (Å²) < 4.78 is 15.9. The lowest BCUT2D eigenvalue weighted by molar-refractivity contribution is -0.0301. The minimum absolute atomic E-state index is 0.0542. The number of aromatic nitrogens is 2. The van der Waals surface area contributed by atoms with Crippen molar-refractivity contribution in [3.63, 3.8) is 0 Å². The van der Waals surface area contributed by atoms with Gasteiger partial charge in [-0.3, -0.25) is 0 Å². The minimum atomic E-state index is -0.729. The Balaban J connectivity index is 1.24. The molecule has 1 aromatic heterocycles. The van der Waals surface area contributed by atoms with Gasteiger partial charge in [0.1, 0.15) is 11.6 Å². The molecule has 3 aromatic rings. The zero-order chi connectivity index (χ0) is 24.3. The van der Waals surface area contributed by atoms with Crippen molar-refractivity contribution in [3.8, 4) is 0 Å². The van der Waals surface area contributed by atoms with E-state index in [9.17, 15) is 9.50 Å². The summed E-state index contributed by atoms with van der Waals surface area (Å²) in [5, 5.41) is 11.7. The number of halogens is 1. The molecule has 0 spiro atoms. The summed E-state index contributed by atoms with van der Waals surface area (Å²) in [7, 11) is 4.26. The lowest BCUT2D eigenvalue weighted by Gasteiger charge is -2.44. The van der Waals surface area contributed by atoms with E-state index in [0.717, 1.165) is 67.7 Å². The highest BCUT2D eigenvalue weighted by Gasteiger charge is 2.43. The Morgan fingerprint density at radius 3 is 2.71 bits per heavy atom. The molecule has 0 aliphatic heterocycles. The van der Waals surface area contributed by atoms with Crippen LogP contribution in [0, 0.1) is 11.7 Å². The third-order valence-corrected chi connectivity index (χ3v) is 7.76. The number of hydrogen-bond acceptors (Lipinski definition) is 3. The Hall–Kier alpha value is -2.24. The number of unbranched alkanes of at least 4 members (excludes halogenated alkanes) is 2. The van der Waals surface area contributed by atoms with E-state index in [2.05, 4.69) is 55.6 Å². The Morgan fingerprint density at radius 2 is 1.94 bits per heavy atom. The van der Waals surface area contributed by atoms with Crippen LogP contribution in [0.3, 0.4) is 0 Å². The molecular weight excluding hydrogens is 425 g/mol. The van der Waals surface area contributed by atoms with Crippen LogP contribution in [0.1, 0.15) is 68.8 Å². The first-order chi connectivity index (χ1) is 16.3. The van der Waals surface area contributed by atoms with Gasteiger partial charge in [-0.05, 0) is 87.0 Å². The predicted octanol–water partition coefficient (Wildman–Crippen LogP) is 5.86. The third kappa shape index (κ3) is 5.36. The molecule has 0 bridgehead atoms. The van der Waals surface area contributed by atoms with Crippen LogP contribution in [0.5, 0.6) is 0 Å². The summed E-state index contributed by atoms with van der Waals surface area (Å²) >= 11 is 0. The Bertz CT molecular complexity index is 1110. The van der Waals surface area contributed by atoms with Gasteiger partial charge in [0.25, 0.3) is 0 Å². The Kier molecular flexibility index (Phi) is 7.73. The molecule has 1 aliphatic carbocycles. The van der Waals surface area contributed by atoms with Gasteiger partial charge in [-0.1, -0.05) is 38.5 Å². The van der Waals surface area contributed by atoms with Crippen LogP contribution in [0.25, 0.3) is 11.0 Å². The summed E-state index contributed by atoms with van der Waals surface area (Å²) in [4.78, 5) is 7.13. The largest absolute Gasteiger partial charge is 0.389 e. The van der Waals surface area contributed by atoms with Gasteiger partial charge in [-0.25, -0.2) is 9.37 Å². The van der Waals surface area contributed by atoms with E-state index in [1.807, 2.05) is 12.1 Å². The van der Waals surface area contributed by atoms with Crippen LogP contribution in [0.2, 0.25) is 0 Å². The number of rotatable bonds is 10. The average Bonchev–Trinajstić information content (AvgIpc) is 3.13. The van der Waals surface area contributed by atoms with E-state index >= 15 is 0 Å². The number of aryl methyl sites for hydroxylation is 3. The van der Waals surface area contributed by atoms with E-state index in [4.69, 9.17) is 4.98 Å². The van der Waals surface area contributed by atoms with Crippen molar-refractivity contribution >= 4 is 11.0 Å². The molecule has 2 atom stereocenters. The highest BCUT2D eigenvalue weighted by Crippen LogP contribution is 2.45. The summed E-state index contributed by atoms with van der Waals surface area (Å²) in [6.07, 6.45) is 6.67. The van der Waals surface area contributed by atoms with E-state index < -0.39 is 5.60 Å². The van der Waals surface area contributed by atoms with Crippen LogP contribution in [-0.4, -0.2) is 45.3 Å². The number of hydrogen-bond donors (Lipinski definition) is 1.